The zero-order valence-corrected chi connectivity index (χ0v) is 17.0. The highest BCUT2D eigenvalue weighted by molar-refractivity contribution is 9.11. The number of primary amides is 3. The number of nitrogens with two attached hydrogens (primary N) is 3. The fraction of sp³-hybridized carbons (Fsp3) is 0.556. The van der Waals surface area contributed by atoms with E-state index in [2.05, 4.69) is 20.9 Å². The Morgan fingerprint density at radius 2 is 1.70 bits per heavy atom. The summed E-state index contributed by atoms with van der Waals surface area (Å²) in [5.74, 6) is -2.01. The molecule has 2 bridgehead atoms. The van der Waals surface area contributed by atoms with Gasteiger partial charge < -0.3 is 17.2 Å². The van der Waals surface area contributed by atoms with Crippen molar-refractivity contribution in [2.75, 3.05) is 0 Å². The lowest BCUT2D eigenvalue weighted by molar-refractivity contribution is -0.152. The van der Waals surface area contributed by atoms with Gasteiger partial charge in [0.2, 0.25) is 17.7 Å². The van der Waals surface area contributed by atoms with Crippen molar-refractivity contribution < 1.29 is 14.4 Å². The molecule has 0 radical (unpaired) electrons. The molecule has 2 fully saturated rings. The average molecular weight is 453 g/mol. The van der Waals surface area contributed by atoms with Gasteiger partial charge in [0.15, 0.2) is 3.92 Å². The second kappa shape index (κ2) is 5.88. The molecule has 0 saturated heterocycles. The normalized spacial score (nSPS) is 34.9. The van der Waals surface area contributed by atoms with Crippen molar-refractivity contribution in [3.63, 3.8) is 0 Å². The molecule has 144 valence electrons. The van der Waals surface area contributed by atoms with Crippen molar-refractivity contribution in [1.82, 2.24) is 4.98 Å². The first kappa shape index (κ1) is 18.6. The van der Waals surface area contributed by atoms with Crippen molar-refractivity contribution in [3.8, 4) is 0 Å². The van der Waals surface area contributed by atoms with Crippen LogP contribution in [0.3, 0.4) is 0 Å². The molecule has 3 aliphatic rings. The SMILES string of the molecule is NC(=O)CC[C@@]1(C(N)=O)[C@@H]2C=C[C@@H](C23CC3)[C@@]1(Cc1cnc(Br)s1)C(N)=O. The number of hydrogen-bond donors (Lipinski definition) is 3. The van der Waals surface area contributed by atoms with Crippen LogP contribution in [0.15, 0.2) is 22.3 Å². The van der Waals surface area contributed by atoms with Crippen LogP contribution in [0.5, 0.6) is 0 Å². The number of thiazole rings is 1. The maximum Gasteiger partial charge on any atom is 0.225 e. The third kappa shape index (κ3) is 2.24. The number of hydrogen-bond acceptors (Lipinski definition) is 5. The molecule has 0 aliphatic heterocycles. The smallest absolute Gasteiger partial charge is 0.225 e. The molecule has 4 atom stereocenters. The Labute approximate surface area is 168 Å². The summed E-state index contributed by atoms with van der Waals surface area (Å²) in [6, 6.07) is 0. The highest BCUT2D eigenvalue weighted by atomic mass is 79.9. The maximum atomic E-state index is 13.0. The quantitative estimate of drug-likeness (QED) is 0.534. The first-order valence-corrected chi connectivity index (χ1v) is 10.5. The predicted molar refractivity (Wildman–Crippen MR) is 103 cm³/mol. The molecule has 3 amide bonds. The van der Waals surface area contributed by atoms with Crippen molar-refractivity contribution in [2.45, 2.75) is 32.1 Å². The van der Waals surface area contributed by atoms with Gasteiger partial charge in [0.1, 0.15) is 0 Å². The van der Waals surface area contributed by atoms with Gasteiger partial charge in [0, 0.05) is 17.5 Å². The van der Waals surface area contributed by atoms with E-state index in [1.165, 1.54) is 11.3 Å². The average Bonchev–Trinajstić information content (AvgIpc) is 3.07. The van der Waals surface area contributed by atoms with E-state index in [1.54, 1.807) is 6.20 Å². The van der Waals surface area contributed by atoms with Gasteiger partial charge in [-0.05, 0) is 58.9 Å². The zero-order chi connectivity index (χ0) is 19.6. The summed E-state index contributed by atoms with van der Waals surface area (Å²) in [4.78, 5) is 42.6. The summed E-state index contributed by atoms with van der Waals surface area (Å²) in [5.41, 5.74) is 14.8. The molecule has 3 aliphatic carbocycles. The number of allylic oxidation sites excluding steroid dienone is 2. The third-order valence-corrected chi connectivity index (χ3v) is 8.52. The summed E-state index contributed by atoms with van der Waals surface area (Å²) < 4.78 is 0.693. The van der Waals surface area contributed by atoms with Gasteiger partial charge in [0.25, 0.3) is 0 Å². The Morgan fingerprint density at radius 1 is 1.11 bits per heavy atom. The molecule has 9 heteroatoms. The predicted octanol–water partition coefficient (Wildman–Crippen LogP) is 1.25. The number of rotatable bonds is 7. The molecule has 1 heterocycles. The molecule has 1 aromatic rings. The van der Waals surface area contributed by atoms with Crippen LogP contribution in [0.1, 0.15) is 30.6 Å². The molecule has 27 heavy (non-hydrogen) atoms. The minimum atomic E-state index is -1.22. The molecule has 0 aromatic carbocycles. The van der Waals surface area contributed by atoms with E-state index in [4.69, 9.17) is 17.2 Å². The highest BCUT2D eigenvalue weighted by Gasteiger charge is 2.82. The molecule has 1 spiro atoms. The van der Waals surface area contributed by atoms with Crippen LogP contribution < -0.4 is 17.2 Å². The summed E-state index contributed by atoms with van der Waals surface area (Å²) in [6.07, 6.45) is 7.96. The Morgan fingerprint density at radius 3 is 2.15 bits per heavy atom. The minimum absolute atomic E-state index is 0.0164. The van der Waals surface area contributed by atoms with E-state index in [1.807, 2.05) is 12.2 Å². The van der Waals surface area contributed by atoms with Gasteiger partial charge in [-0.1, -0.05) is 12.2 Å². The van der Waals surface area contributed by atoms with Crippen LogP contribution >= 0.6 is 27.3 Å². The first-order valence-electron chi connectivity index (χ1n) is 8.87. The van der Waals surface area contributed by atoms with Crippen molar-refractivity contribution in [1.29, 1.82) is 0 Å². The summed E-state index contributed by atoms with van der Waals surface area (Å²) in [5, 5.41) is 0. The summed E-state index contributed by atoms with van der Waals surface area (Å²) in [7, 11) is 0. The number of amides is 3. The third-order valence-electron chi connectivity index (χ3n) is 7.04. The molecule has 4 rings (SSSR count). The fourth-order valence-electron chi connectivity index (χ4n) is 5.99. The van der Waals surface area contributed by atoms with Gasteiger partial charge in [-0.25, -0.2) is 4.98 Å². The lowest BCUT2D eigenvalue weighted by Gasteiger charge is -2.47. The number of aromatic nitrogens is 1. The highest BCUT2D eigenvalue weighted by Crippen LogP contribution is 2.81. The Kier molecular flexibility index (Phi) is 4.05. The van der Waals surface area contributed by atoms with Crippen LogP contribution in [0.4, 0.5) is 0 Å². The first-order chi connectivity index (χ1) is 12.7. The second-order valence-electron chi connectivity index (χ2n) is 7.97. The van der Waals surface area contributed by atoms with E-state index in [9.17, 15) is 14.4 Å². The lowest BCUT2D eigenvalue weighted by atomic mass is 9.53. The lowest BCUT2D eigenvalue weighted by Crippen LogP contribution is -2.60. The van der Waals surface area contributed by atoms with E-state index < -0.39 is 28.6 Å². The number of carbonyl (C=O) groups is 3. The topological polar surface area (TPSA) is 142 Å². The van der Waals surface area contributed by atoms with E-state index in [-0.39, 0.29) is 36.5 Å². The van der Waals surface area contributed by atoms with Gasteiger partial charge >= 0.3 is 0 Å². The molecular weight excluding hydrogens is 432 g/mol. The second-order valence-corrected chi connectivity index (χ2v) is 10.4. The Bertz CT molecular complexity index is 880. The Balaban J connectivity index is 1.92. The van der Waals surface area contributed by atoms with Gasteiger partial charge in [-0.3, -0.25) is 14.4 Å². The van der Waals surface area contributed by atoms with E-state index >= 15 is 0 Å². The van der Waals surface area contributed by atoms with Crippen molar-refractivity contribution in [2.24, 2.45) is 45.3 Å². The number of halogens is 1. The number of carbonyl (C=O) groups excluding carboxylic acids is 3. The van der Waals surface area contributed by atoms with Gasteiger partial charge in [0.05, 0.1) is 10.8 Å². The number of nitrogens with zero attached hydrogens (tertiary/aromatic N) is 1. The van der Waals surface area contributed by atoms with Crippen molar-refractivity contribution in [3.05, 3.63) is 27.1 Å². The minimum Gasteiger partial charge on any atom is -0.370 e. The molecular formula is C18H21BrN4O3S. The summed E-state index contributed by atoms with van der Waals surface area (Å²) in [6.45, 7) is 0. The molecule has 6 N–H and O–H groups in total. The standard InChI is InChI=1S/C18H21BrN4O3S/c19-15-23-8-9(27-15)7-18(14(22)26)11-2-1-10(16(11)5-6-16)17(18,13(21)25)4-3-12(20)24/h1-2,8,10-11H,3-7H2,(H2,20,24)(H2,21,25)(H2,22,26)/t10-,11+,17+,18+/m1/s1. The van der Waals surface area contributed by atoms with Crippen LogP contribution in [-0.4, -0.2) is 22.7 Å². The van der Waals surface area contributed by atoms with Crippen LogP contribution in [0.2, 0.25) is 0 Å². The van der Waals surface area contributed by atoms with Crippen LogP contribution in [0, 0.1) is 28.1 Å². The zero-order valence-electron chi connectivity index (χ0n) is 14.6. The largest absolute Gasteiger partial charge is 0.370 e. The monoisotopic (exact) mass is 452 g/mol. The van der Waals surface area contributed by atoms with Crippen LogP contribution in [0.25, 0.3) is 0 Å². The molecule has 2 saturated carbocycles. The van der Waals surface area contributed by atoms with Gasteiger partial charge in [-0.2, -0.15) is 0 Å². The molecule has 7 nitrogen and oxygen atoms in total. The molecule has 1 aromatic heterocycles. The van der Waals surface area contributed by atoms with E-state index in [0.717, 1.165) is 17.7 Å². The Hall–Kier alpha value is -1.74. The van der Waals surface area contributed by atoms with Crippen molar-refractivity contribution >= 4 is 45.0 Å². The van der Waals surface area contributed by atoms with E-state index in [0.29, 0.717) is 3.92 Å². The maximum absolute atomic E-state index is 13.0. The van der Waals surface area contributed by atoms with Gasteiger partial charge in [-0.15, -0.1) is 11.3 Å². The fourth-order valence-corrected chi connectivity index (χ4v) is 7.45. The van der Waals surface area contributed by atoms with Crippen LogP contribution in [-0.2, 0) is 20.8 Å². The summed E-state index contributed by atoms with van der Waals surface area (Å²) >= 11 is 4.75. The molecule has 0 unspecified atom stereocenters.